The van der Waals surface area contributed by atoms with Crippen LogP contribution in [0.25, 0.3) is 0 Å². The molecule has 0 bridgehead atoms. The normalized spacial score (nSPS) is 19.4. The average Bonchev–Trinajstić information content (AvgIpc) is 2.50. The Labute approximate surface area is 130 Å². The van der Waals surface area contributed by atoms with E-state index in [1.807, 2.05) is 13.0 Å². The molecular weight excluding hydrogens is 290 g/mol. The number of halogens is 2. The van der Waals surface area contributed by atoms with Gasteiger partial charge in [0.15, 0.2) is 11.5 Å². The summed E-state index contributed by atoms with van der Waals surface area (Å²) in [7, 11) is 0. The first-order chi connectivity index (χ1) is 10.6. The lowest BCUT2D eigenvalue weighted by molar-refractivity contribution is -0.0514. The Bertz CT molecular complexity index is 471. The first kappa shape index (κ1) is 17.0. The molecule has 1 aromatic rings. The van der Waals surface area contributed by atoms with Crippen LogP contribution in [0.15, 0.2) is 18.2 Å². The highest BCUT2D eigenvalue weighted by molar-refractivity contribution is 5.43. The molecule has 1 heterocycles. The van der Waals surface area contributed by atoms with Gasteiger partial charge in [0.2, 0.25) is 0 Å². The van der Waals surface area contributed by atoms with E-state index in [9.17, 15) is 8.78 Å². The summed E-state index contributed by atoms with van der Waals surface area (Å²) < 4.78 is 34.7. The van der Waals surface area contributed by atoms with Crippen LogP contribution >= 0.6 is 0 Å². The van der Waals surface area contributed by atoms with Crippen molar-refractivity contribution in [2.24, 2.45) is 5.73 Å². The van der Waals surface area contributed by atoms with Gasteiger partial charge in [-0.05, 0) is 44.0 Å². The number of piperidine rings is 1. The number of alkyl halides is 2. The predicted octanol–water partition coefficient (Wildman–Crippen LogP) is 3.00. The summed E-state index contributed by atoms with van der Waals surface area (Å²) in [5.41, 5.74) is 6.85. The van der Waals surface area contributed by atoms with Crippen molar-refractivity contribution in [3.05, 3.63) is 23.8 Å². The van der Waals surface area contributed by atoms with Crippen LogP contribution in [-0.4, -0.2) is 37.2 Å². The number of ether oxygens (including phenoxy) is 2. The van der Waals surface area contributed by atoms with Crippen molar-refractivity contribution in [1.82, 2.24) is 4.90 Å². The Balaban J connectivity index is 2.11. The highest BCUT2D eigenvalue weighted by atomic mass is 19.3. The zero-order chi connectivity index (χ0) is 15.9. The molecule has 2 N–H and O–H groups in total. The summed E-state index contributed by atoms with van der Waals surface area (Å²) in [5.74, 6) is 0.441. The Morgan fingerprint density at radius 3 is 2.82 bits per heavy atom. The molecule has 1 aliphatic heterocycles. The quantitative estimate of drug-likeness (QED) is 0.840. The molecule has 0 spiro atoms. The summed E-state index contributed by atoms with van der Waals surface area (Å²) in [6.07, 6.45) is 3.49. The molecule has 0 radical (unpaired) electrons. The van der Waals surface area contributed by atoms with E-state index < -0.39 is 6.61 Å². The maximum atomic E-state index is 12.4. The van der Waals surface area contributed by atoms with Gasteiger partial charge in [-0.15, -0.1) is 0 Å². The van der Waals surface area contributed by atoms with Crippen molar-refractivity contribution in [3.8, 4) is 11.5 Å². The molecular formula is C16H24F2N2O2. The van der Waals surface area contributed by atoms with E-state index in [1.54, 1.807) is 12.1 Å². The minimum absolute atomic E-state index is 0.0784. The fourth-order valence-electron chi connectivity index (χ4n) is 2.88. The first-order valence-corrected chi connectivity index (χ1v) is 7.78. The zero-order valence-corrected chi connectivity index (χ0v) is 12.9. The smallest absolute Gasteiger partial charge is 0.387 e. The Morgan fingerprint density at radius 2 is 2.14 bits per heavy atom. The van der Waals surface area contributed by atoms with Crippen LogP contribution in [0.4, 0.5) is 8.78 Å². The number of rotatable bonds is 7. The zero-order valence-electron chi connectivity index (χ0n) is 12.9. The van der Waals surface area contributed by atoms with Gasteiger partial charge in [0, 0.05) is 19.1 Å². The molecule has 1 aromatic carbocycles. The van der Waals surface area contributed by atoms with Crippen molar-refractivity contribution < 1.29 is 18.3 Å². The van der Waals surface area contributed by atoms with Crippen molar-refractivity contribution in [1.29, 1.82) is 0 Å². The predicted molar refractivity (Wildman–Crippen MR) is 81.3 cm³/mol. The minimum atomic E-state index is -2.85. The van der Waals surface area contributed by atoms with Gasteiger partial charge in [0.05, 0.1) is 6.61 Å². The van der Waals surface area contributed by atoms with Crippen molar-refractivity contribution in [2.45, 2.75) is 45.4 Å². The molecule has 1 fully saturated rings. The van der Waals surface area contributed by atoms with Gasteiger partial charge in [0.25, 0.3) is 0 Å². The third kappa shape index (κ3) is 4.55. The van der Waals surface area contributed by atoms with Gasteiger partial charge >= 0.3 is 6.61 Å². The van der Waals surface area contributed by atoms with Gasteiger partial charge in [-0.1, -0.05) is 12.5 Å². The van der Waals surface area contributed by atoms with E-state index in [0.29, 0.717) is 24.9 Å². The maximum absolute atomic E-state index is 12.4. The summed E-state index contributed by atoms with van der Waals surface area (Å²) in [6.45, 7) is 1.77. The molecule has 0 saturated carbocycles. The van der Waals surface area contributed by atoms with Gasteiger partial charge < -0.3 is 15.2 Å². The van der Waals surface area contributed by atoms with E-state index in [0.717, 1.165) is 25.1 Å². The van der Waals surface area contributed by atoms with Gasteiger partial charge in [-0.3, -0.25) is 4.90 Å². The lowest BCUT2D eigenvalue weighted by atomic mass is 10.0. The lowest BCUT2D eigenvalue weighted by Gasteiger charge is -2.35. The fourth-order valence-corrected chi connectivity index (χ4v) is 2.88. The first-order valence-electron chi connectivity index (χ1n) is 7.78. The van der Waals surface area contributed by atoms with Gasteiger partial charge in [-0.2, -0.15) is 8.78 Å². The maximum Gasteiger partial charge on any atom is 0.387 e. The SMILES string of the molecule is CCOc1cc(CN2CCCCC2CN)ccc1OC(F)F. The largest absolute Gasteiger partial charge is 0.490 e. The number of hydrogen-bond donors (Lipinski definition) is 1. The van der Waals surface area contributed by atoms with Crippen molar-refractivity contribution in [2.75, 3.05) is 19.7 Å². The standard InChI is InChI=1S/C16H24F2N2O2/c1-2-21-15-9-12(6-7-14(15)22-16(17)18)11-20-8-4-3-5-13(20)10-19/h6-7,9,13,16H,2-5,8,10-11,19H2,1H3. The number of nitrogens with two attached hydrogens (primary N) is 1. The summed E-state index contributed by atoms with van der Waals surface area (Å²) >= 11 is 0. The molecule has 124 valence electrons. The summed E-state index contributed by atoms with van der Waals surface area (Å²) in [5, 5.41) is 0. The van der Waals surface area contributed by atoms with Crippen LogP contribution in [0.2, 0.25) is 0 Å². The highest BCUT2D eigenvalue weighted by Gasteiger charge is 2.21. The van der Waals surface area contributed by atoms with Crippen LogP contribution in [0, 0.1) is 0 Å². The van der Waals surface area contributed by atoms with Gasteiger partial charge in [-0.25, -0.2) is 0 Å². The number of hydrogen-bond acceptors (Lipinski definition) is 4. The van der Waals surface area contributed by atoms with Crippen LogP contribution in [-0.2, 0) is 6.54 Å². The minimum Gasteiger partial charge on any atom is -0.490 e. The summed E-state index contributed by atoms with van der Waals surface area (Å²) in [6, 6.07) is 5.53. The molecule has 1 atom stereocenters. The van der Waals surface area contributed by atoms with Gasteiger partial charge in [0.1, 0.15) is 0 Å². The molecule has 22 heavy (non-hydrogen) atoms. The number of likely N-dealkylation sites (tertiary alicyclic amines) is 1. The third-order valence-corrected chi connectivity index (χ3v) is 3.93. The van der Waals surface area contributed by atoms with E-state index in [2.05, 4.69) is 9.64 Å². The second-order valence-electron chi connectivity index (χ2n) is 5.45. The number of benzene rings is 1. The van der Waals surface area contributed by atoms with Crippen LogP contribution in [0.5, 0.6) is 11.5 Å². The Morgan fingerprint density at radius 1 is 1.32 bits per heavy atom. The molecule has 1 saturated heterocycles. The lowest BCUT2D eigenvalue weighted by Crippen LogP contribution is -2.43. The molecule has 0 aromatic heterocycles. The topological polar surface area (TPSA) is 47.7 Å². The second-order valence-corrected chi connectivity index (χ2v) is 5.45. The summed E-state index contributed by atoms with van der Waals surface area (Å²) in [4.78, 5) is 2.35. The molecule has 6 heteroatoms. The van der Waals surface area contributed by atoms with E-state index >= 15 is 0 Å². The fraction of sp³-hybridized carbons (Fsp3) is 0.625. The van der Waals surface area contributed by atoms with Crippen LogP contribution < -0.4 is 15.2 Å². The monoisotopic (exact) mass is 314 g/mol. The van der Waals surface area contributed by atoms with Crippen molar-refractivity contribution >= 4 is 0 Å². The molecule has 4 nitrogen and oxygen atoms in total. The molecule has 1 unspecified atom stereocenters. The average molecular weight is 314 g/mol. The molecule has 2 rings (SSSR count). The Hall–Kier alpha value is -1.40. The van der Waals surface area contributed by atoms with E-state index in [-0.39, 0.29) is 5.75 Å². The Kier molecular flexibility index (Phi) is 6.39. The van der Waals surface area contributed by atoms with E-state index in [1.165, 1.54) is 12.8 Å². The number of nitrogens with zero attached hydrogens (tertiary/aromatic N) is 1. The third-order valence-electron chi connectivity index (χ3n) is 3.93. The molecule has 0 amide bonds. The van der Waals surface area contributed by atoms with Crippen molar-refractivity contribution in [3.63, 3.8) is 0 Å². The van der Waals surface area contributed by atoms with Crippen LogP contribution in [0.1, 0.15) is 31.7 Å². The van der Waals surface area contributed by atoms with Crippen LogP contribution in [0.3, 0.4) is 0 Å². The molecule has 0 aliphatic carbocycles. The second kappa shape index (κ2) is 8.29. The van der Waals surface area contributed by atoms with E-state index in [4.69, 9.17) is 10.5 Å². The molecule has 1 aliphatic rings. The highest BCUT2D eigenvalue weighted by Crippen LogP contribution is 2.31.